The molecule has 1 fully saturated rings. The van der Waals surface area contributed by atoms with E-state index in [9.17, 15) is 0 Å². The lowest BCUT2D eigenvalue weighted by Gasteiger charge is -2.31. The van der Waals surface area contributed by atoms with E-state index in [0.717, 1.165) is 45.5 Å². The fourth-order valence-electron chi connectivity index (χ4n) is 4.37. The highest BCUT2D eigenvalue weighted by atomic mass is 31.2. The minimum atomic E-state index is -1.16. The standard InChI is InChI=1S/C26H54NO3P.C2H6/c1-4-6-7-8-9-10-11-12-13-14-15-16-17-18-19-20-25-29-31(28-3)30-26-21-23-27(5-2)24-22-26;1-2/h26H,4-25H2,1-3H3;1-2H3. The van der Waals surface area contributed by atoms with Gasteiger partial charge in [-0.15, -0.1) is 0 Å². The van der Waals surface area contributed by atoms with E-state index in [4.69, 9.17) is 13.6 Å². The number of hydrogen-bond donors (Lipinski definition) is 0. The van der Waals surface area contributed by atoms with E-state index in [1.807, 2.05) is 13.8 Å². The normalized spacial score (nSPS) is 15.9. The second-order valence-electron chi connectivity index (χ2n) is 9.28. The van der Waals surface area contributed by atoms with Gasteiger partial charge in [0.2, 0.25) is 0 Å². The number of nitrogens with zero attached hydrogens (tertiary/aromatic N) is 1. The van der Waals surface area contributed by atoms with Crippen LogP contribution in [-0.2, 0) is 13.6 Å². The number of piperidine rings is 1. The largest absolute Gasteiger partial charge is 0.332 e. The molecule has 0 aromatic carbocycles. The molecule has 1 heterocycles. The Morgan fingerprint density at radius 3 is 1.48 bits per heavy atom. The van der Waals surface area contributed by atoms with E-state index in [1.54, 1.807) is 7.11 Å². The Morgan fingerprint density at radius 1 is 0.667 bits per heavy atom. The molecular weight excluding hydrogens is 429 g/mol. The third-order valence-electron chi connectivity index (χ3n) is 6.56. The van der Waals surface area contributed by atoms with Gasteiger partial charge in [0.05, 0.1) is 12.7 Å². The predicted octanol–water partition coefficient (Wildman–Crippen LogP) is 9.66. The highest BCUT2D eigenvalue weighted by Crippen LogP contribution is 2.42. The molecule has 0 spiro atoms. The summed E-state index contributed by atoms with van der Waals surface area (Å²) in [5.41, 5.74) is 0. The first-order valence-electron chi connectivity index (χ1n) is 14.7. The number of likely N-dealkylation sites (tertiary alicyclic amines) is 1. The van der Waals surface area contributed by atoms with Crippen LogP contribution >= 0.6 is 8.60 Å². The highest BCUT2D eigenvalue weighted by Gasteiger charge is 2.23. The summed E-state index contributed by atoms with van der Waals surface area (Å²) < 4.78 is 17.4. The summed E-state index contributed by atoms with van der Waals surface area (Å²) in [6, 6.07) is 0. The van der Waals surface area contributed by atoms with Gasteiger partial charge >= 0.3 is 8.60 Å². The quantitative estimate of drug-likeness (QED) is 0.112. The van der Waals surface area contributed by atoms with Gasteiger partial charge in [0, 0.05) is 20.2 Å². The fraction of sp³-hybridized carbons (Fsp3) is 1.00. The topological polar surface area (TPSA) is 30.9 Å². The molecule has 1 rings (SSSR count). The van der Waals surface area contributed by atoms with Crippen molar-refractivity contribution in [1.82, 2.24) is 4.90 Å². The van der Waals surface area contributed by atoms with Crippen LogP contribution in [-0.4, -0.2) is 44.4 Å². The van der Waals surface area contributed by atoms with Crippen molar-refractivity contribution in [3.05, 3.63) is 0 Å². The summed E-state index contributed by atoms with van der Waals surface area (Å²) in [7, 11) is 0.547. The molecule has 1 atom stereocenters. The van der Waals surface area contributed by atoms with Crippen LogP contribution < -0.4 is 0 Å². The van der Waals surface area contributed by atoms with E-state index in [0.29, 0.717) is 6.10 Å². The Bertz CT molecular complexity index is 365. The predicted molar refractivity (Wildman–Crippen MR) is 147 cm³/mol. The summed E-state index contributed by atoms with van der Waals surface area (Å²) >= 11 is 0. The Labute approximate surface area is 209 Å². The Kier molecular flexibility index (Phi) is 27.1. The molecule has 0 saturated carbocycles. The zero-order valence-corrected chi connectivity index (χ0v) is 24.1. The van der Waals surface area contributed by atoms with Crippen molar-refractivity contribution in [3.63, 3.8) is 0 Å². The second kappa shape index (κ2) is 26.9. The zero-order chi connectivity index (χ0) is 24.4. The van der Waals surface area contributed by atoms with Crippen molar-refractivity contribution in [3.8, 4) is 0 Å². The highest BCUT2D eigenvalue weighted by molar-refractivity contribution is 7.41. The average molecular weight is 490 g/mol. The Morgan fingerprint density at radius 2 is 1.09 bits per heavy atom. The lowest BCUT2D eigenvalue weighted by molar-refractivity contribution is 0.0752. The molecule has 0 amide bonds. The molecule has 5 heteroatoms. The van der Waals surface area contributed by atoms with E-state index in [2.05, 4.69) is 18.7 Å². The van der Waals surface area contributed by atoms with E-state index >= 15 is 0 Å². The lowest BCUT2D eigenvalue weighted by Crippen LogP contribution is -2.36. The third-order valence-corrected chi connectivity index (χ3v) is 7.72. The van der Waals surface area contributed by atoms with Crippen molar-refractivity contribution < 1.29 is 13.6 Å². The van der Waals surface area contributed by atoms with Crippen LogP contribution in [0, 0.1) is 0 Å². The smallest absolute Gasteiger partial charge is 0.316 e. The van der Waals surface area contributed by atoms with Gasteiger partial charge in [-0.05, 0) is 25.8 Å². The van der Waals surface area contributed by atoms with E-state index in [-0.39, 0.29) is 0 Å². The molecule has 0 bridgehead atoms. The van der Waals surface area contributed by atoms with Gasteiger partial charge in [0.1, 0.15) is 0 Å². The van der Waals surface area contributed by atoms with Crippen LogP contribution in [0.25, 0.3) is 0 Å². The van der Waals surface area contributed by atoms with Crippen molar-refractivity contribution in [2.24, 2.45) is 0 Å². The molecule has 1 aliphatic rings. The van der Waals surface area contributed by atoms with Crippen LogP contribution in [0.1, 0.15) is 143 Å². The maximum atomic E-state index is 6.06. The molecule has 200 valence electrons. The summed E-state index contributed by atoms with van der Waals surface area (Å²) in [5.74, 6) is 0. The molecule has 1 unspecified atom stereocenters. The van der Waals surface area contributed by atoms with Crippen molar-refractivity contribution >= 4 is 8.60 Å². The summed E-state index contributed by atoms with van der Waals surface area (Å²) in [4.78, 5) is 2.48. The summed E-state index contributed by atoms with van der Waals surface area (Å²) in [6.07, 6.45) is 24.8. The first kappa shape index (κ1) is 33.3. The molecular formula is C28H60NO3P. The molecule has 0 aromatic heterocycles. The molecule has 0 aliphatic carbocycles. The molecule has 4 nitrogen and oxygen atoms in total. The third kappa shape index (κ3) is 21.3. The SMILES string of the molecule is CC.CCCCCCCCCCCCCCCCCCOP(OC)OC1CCN(CC)CC1. The molecule has 0 aromatic rings. The van der Waals surface area contributed by atoms with Crippen molar-refractivity contribution in [2.45, 2.75) is 149 Å². The van der Waals surface area contributed by atoms with Crippen molar-refractivity contribution in [2.75, 3.05) is 33.4 Å². The van der Waals surface area contributed by atoms with Crippen LogP contribution in [0.5, 0.6) is 0 Å². The van der Waals surface area contributed by atoms with Crippen LogP contribution in [0.3, 0.4) is 0 Å². The zero-order valence-electron chi connectivity index (χ0n) is 23.3. The molecule has 1 saturated heterocycles. The van der Waals surface area contributed by atoms with Gasteiger partial charge in [-0.25, -0.2) is 0 Å². The summed E-state index contributed by atoms with van der Waals surface area (Å²) in [5, 5.41) is 0. The van der Waals surface area contributed by atoms with Crippen LogP contribution in [0.2, 0.25) is 0 Å². The van der Waals surface area contributed by atoms with Gasteiger partial charge in [-0.2, -0.15) is 0 Å². The van der Waals surface area contributed by atoms with Crippen LogP contribution in [0.4, 0.5) is 0 Å². The maximum absolute atomic E-state index is 6.06. The average Bonchev–Trinajstić information content (AvgIpc) is 2.86. The van der Waals surface area contributed by atoms with E-state index in [1.165, 1.54) is 96.3 Å². The van der Waals surface area contributed by atoms with E-state index < -0.39 is 8.60 Å². The molecule has 1 aliphatic heterocycles. The minimum Gasteiger partial charge on any atom is -0.316 e. The molecule has 33 heavy (non-hydrogen) atoms. The second-order valence-corrected chi connectivity index (χ2v) is 10.6. The monoisotopic (exact) mass is 489 g/mol. The van der Waals surface area contributed by atoms with Gasteiger partial charge in [0.15, 0.2) is 0 Å². The fourth-order valence-corrected chi connectivity index (χ4v) is 5.35. The Hall–Kier alpha value is 0.270. The maximum Gasteiger partial charge on any atom is 0.332 e. The van der Waals surface area contributed by atoms with Gasteiger partial charge in [-0.1, -0.05) is 124 Å². The van der Waals surface area contributed by atoms with Crippen molar-refractivity contribution in [1.29, 1.82) is 0 Å². The Balaban J connectivity index is 0.00000497. The van der Waals surface area contributed by atoms with Gasteiger partial charge < -0.3 is 18.5 Å². The molecule has 0 N–H and O–H groups in total. The van der Waals surface area contributed by atoms with Gasteiger partial charge in [0.25, 0.3) is 0 Å². The first-order valence-corrected chi connectivity index (χ1v) is 15.8. The van der Waals surface area contributed by atoms with Crippen LogP contribution in [0.15, 0.2) is 0 Å². The van der Waals surface area contributed by atoms with Gasteiger partial charge in [-0.3, -0.25) is 0 Å². The number of unbranched alkanes of at least 4 members (excludes halogenated alkanes) is 15. The minimum absolute atomic E-state index is 0.305. The first-order chi connectivity index (χ1) is 16.3. The summed E-state index contributed by atoms with van der Waals surface area (Å²) in [6.45, 7) is 12.7. The lowest BCUT2D eigenvalue weighted by atomic mass is 10.0. The number of rotatable bonds is 22. The number of hydrogen-bond acceptors (Lipinski definition) is 4. The molecule has 0 radical (unpaired) electrons.